The van der Waals surface area contributed by atoms with Crippen molar-refractivity contribution < 1.29 is 9.21 Å². The van der Waals surface area contributed by atoms with Gasteiger partial charge in [-0.3, -0.25) is 4.79 Å². The average molecular weight is 261 g/mol. The molecule has 0 saturated carbocycles. The molecule has 0 atom stereocenters. The van der Waals surface area contributed by atoms with E-state index in [1.54, 1.807) is 17.0 Å². The van der Waals surface area contributed by atoms with Crippen LogP contribution in [0, 0.1) is 0 Å². The summed E-state index contributed by atoms with van der Waals surface area (Å²) in [6.45, 7) is 3.26. The van der Waals surface area contributed by atoms with E-state index in [9.17, 15) is 4.79 Å². The van der Waals surface area contributed by atoms with Crippen molar-refractivity contribution in [3.8, 4) is 0 Å². The summed E-state index contributed by atoms with van der Waals surface area (Å²) in [6.07, 6.45) is 1.52. The van der Waals surface area contributed by atoms with Gasteiger partial charge in [-0.2, -0.15) is 0 Å². The quantitative estimate of drug-likeness (QED) is 0.817. The van der Waals surface area contributed by atoms with Crippen molar-refractivity contribution in [2.24, 2.45) is 0 Å². The van der Waals surface area contributed by atoms with Gasteiger partial charge in [0, 0.05) is 26.2 Å². The van der Waals surface area contributed by atoms with Crippen molar-refractivity contribution in [2.45, 2.75) is 0 Å². The maximum Gasteiger partial charge on any atom is 0.289 e. The second-order valence-electron chi connectivity index (χ2n) is 3.02. The van der Waals surface area contributed by atoms with Crippen LogP contribution in [0.4, 0.5) is 0 Å². The van der Waals surface area contributed by atoms with Gasteiger partial charge >= 0.3 is 0 Å². The SMILES string of the molecule is Br.O=C(c1ccco1)N1CCNCC1. The van der Waals surface area contributed by atoms with Crippen molar-refractivity contribution >= 4 is 22.9 Å². The predicted octanol–water partition coefficient (Wildman–Crippen LogP) is 0.903. The highest BCUT2D eigenvalue weighted by molar-refractivity contribution is 8.93. The van der Waals surface area contributed by atoms with Gasteiger partial charge in [0.2, 0.25) is 0 Å². The van der Waals surface area contributed by atoms with Gasteiger partial charge in [0.15, 0.2) is 5.76 Å². The second kappa shape index (κ2) is 5.17. The largest absolute Gasteiger partial charge is 0.459 e. The monoisotopic (exact) mass is 260 g/mol. The number of furan rings is 1. The van der Waals surface area contributed by atoms with Gasteiger partial charge in [-0.15, -0.1) is 17.0 Å². The number of hydrogen-bond acceptors (Lipinski definition) is 3. The van der Waals surface area contributed by atoms with Crippen molar-refractivity contribution in [1.29, 1.82) is 0 Å². The average Bonchev–Trinajstić information content (AvgIpc) is 2.71. The number of carbonyl (C=O) groups is 1. The summed E-state index contributed by atoms with van der Waals surface area (Å²) >= 11 is 0. The Morgan fingerprint density at radius 3 is 2.71 bits per heavy atom. The molecule has 0 unspecified atom stereocenters. The summed E-state index contributed by atoms with van der Waals surface area (Å²) in [4.78, 5) is 13.5. The van der Waals surface area contributed by atoms with Crippen LogP contribution in [0.3, 0.4) is 0 Å². The first-order chi connectivity index (χ1) is 6.38. The standard InChI is InChI=1S/C9H12N2O2.BrH/c12-9(8-2-1-7-13-8)11-5-3-10-4-6-11;/h1-2,7,10H,3-6H2;1H. The Balaban J connectivity index is 0.000000980. The summed E-state index contributed by atoms with van der Waals surface area (Å²) < 4.78 is 5.04. The third-order valence-electron chi connectivity index (χ3n) is 2.14. The number of nitrogens with zero attached hydrogens (tertiary/aromatic N) is 1. The van der Waals surface area contributed by atoms with E-state index < -0.39 is 0 Å². The number of amides is 1. The Morgan fingerprint density at radius 1 is 1.43 bits per heavy atom. The van der Waals surface area contributed by atoms with Gasteiger partial charge in [0.05, 0.1) is 6.26 Å². The van der Waals surface area contributed by atoms with Crippen molar-refractivity contribution in [3.05, 3.63) is 24.2 Å². The fraction of sp³-hybridized carbons (Fsp3) is 0.444. The molecular formula is C9H13BrN2O2. The van der Waals surface area contributed by atoms with E-state index in [2.05, 4.69) is 5.32 Å². The highest BCUT2D eigenvalue weighted by Crippen LogP contribution is 2.05. The summed E-state index contributed by atoms with van der Waals surface area (Å²) in [6, 6.07) is 3.43. The minimum Gasteiger partial charge on any atom is -0.459 e. The maximum atomic E-state index is 11.7. The van der Waals surface area contributed by atoms with Gasteiger partial charge in [0.25, 0.3) is 5.91 Å². The lowest BCUT2D eigenvalue weighted by Gasteiger charge is -2.26. The predicted molar refractivity (Wildman–Crippen MR) is 57.8 cm³/mol. The lowest BCUT2D eigenvalue weighted by Crippen LogP contribution is -2.46. The van der Waals surface area contributed by atoms with Crippen LogP contribution in [-0.2, 0) is 0 Å². The van der Waals surface area contributed by atoms with Crippen LogP contribution >= 0.6 is 17.0 Å². The molecule has 0 aromatic carbocycles. The molecule has 4 nitrogen and oxygen atoms in total. The van der Waals surface area contributed by atoms with Crippen LogP contribution < -0.4 is 5.32 Å². The van der Waals surface area contributed by atoms with E-state index in [4.69, 9.17) is 4.42 Å². The molecular weight excluding hydrogens is 248 g/mol. The van der Waals surface area contributed by atoms with E-state index >= 15 is 0 Å². The van der Waals surface area contributed by atoms with Crippen molar-refractivity contribution in [1.82, 2.24) is 10.2 Å². The van der Waals surface area contributed by atoms with E-state index in [-0.39, 0.29) is 22.9 Å². The molecule has 0 aliphatic carbocycles. The number of hydrogen-bond donors (Lipinski definition) is 1. The van der Waals surface area contributed by atoms with Crippen LogP contribution in [-0.4, -0.2) is 37.0 Å². The Morgan fingerprint density at radius 2 is 2.14 bits per heavy atom. The van der Waals surface area contributed by atoms with Crippen molar-refractivity contribution in [3.63, 3.8) is 0 Å². The molecule has 1 aliphatic rings. The maximum absolute atomic E-state index is 11.7. The molecule has 1 N–H and O–H groups in total. The van der Waals surface area contributed by atoms with Crippen LogP contribution in [0.25, 0.3) is 0 Å². The van der Waals surface area contributed by atoms with Gasteiger partial charge in [0.1, 0.15) is 0 Å². The molecule has 1 aromatic rings. The van der Waals surface area contributed by atoms with E-state index in [0.29, 0.717) is 5.76 Å². The van der Waals surface area contributed by atoms with Crippen LogP contribution in [0.5, 0.6) is 0 Å². The molecule has 14 heavy (non-hydrogen) atoms. The summed E-state index contributed by atoms with van der Waals surface area (Å²) in [5.74, 6) is 0.424. The number of rotatable bonds is 1. The number of piperazine rings is 1. The van der Waals surface area contributed by atoms with Gasteiger partial charge in [-0.05, 0) is 12.1 Å². The first-order valence-electron chi connectivity index (χ1n) is 4.41. The number of halogens is 1. The number of carbonyl (C=O) groups excluding carboxylic acids is 1. The molecule has 1 fully saturated rings. The Labute approximate surface area is 93.0 Å². The molecule has 0 radical (unpaired) electrons. The number of nitrogens with one attached hydrogen (secondary N) is 1. The molecule has 0 bridgehead atoms. The summed E-state index contributed by atoms with van der Waals surface area (Å²) in [5.41, 5.74) is 0. The molecule has 0 spiro atoms. The normalized spacial score (nSPS) is 16.1. The minimum absolute atomic E-state index is 0. The van der Waals surface area contributed by atoms with Gasteiger partial charge < -0.3 is 14.6 Å². The van der Waals surface area contributed by atoms with Crippen LogP contribution in [0.15, 0.2) is 22.8 Å². The third kappa shape index (κ3) is 2.36. The Bertz CT molecular complexity index is 281. The van der Waals surface area contributed by atoms with Crippen LogP contribution in [0.2, 0.25) is 0 Å². The molecule has 1 aliphatic heterocycles. The lowest BCUT2D eigenvalue weighted by molar-refractivity contribution is 0.0703. The Hall–Kier alpha value is -0.810. The van der Waals surface area contributed by atoms with Gasteiger partial charge in [-0.1, -0.05) is 0 Å². The first-order valence-corrected chi connectivity index (χ1v) is 4.41. The van der Waals surface area contributed by atoms with E-state index in [1.807, 2.05) is 0 Å². The smallest absolute Gasteiger partial charge is 0.289 e. The zero-order valence-electron chi connectivity index (χ0n) is 7.73. The molecule has 2 heterocycles. The molecule has 5 heteroatoms. The van der Waals surface area contributed by atoms with Crippen molar-refractivity contribution in [2.75, 3.05) is 26.2 Å². The molecule has 2 rings (SSSR count). The highest BCUT2D eigenvalue weighted by atomic mass is 79.9. The van der Waals surface area contributed by atoms with Crippen LogP contribution in [0.1, 0.15) is 10.6 Å². The molecule has 1 amide bonds. The lowest BCUT2D eigenvalue weighted by atomic mass is 10.3. The summed E-state index contributed by atoms with van der Waals surface area (Å²) in [5, 5.41) is 3.19. The zero-order valence-corrected chi connectivity index (χ0v) is 9.45. The van der Waals surface area contributed by atoms with E-state index in [1.165, 1.54) is 6.26 Å². The summed E-state index contributed by atoms with van der Waals surface area (Å²) in [7, 11) is 0. The molecule has 78 valence electrons. The second-order valence-corrected chi connectivity index (χ2v) is 3.02. The third-order valence-corrected chi connectivity index (χ3v) is 2.14. The molecule has 1 saturated heterocycles. The fourth-order valence-corrected chi connectivity index (χ4v) is 1.42. The Kier molecular flexibility index (Phi) is 4.16. The fourth-order valence-electron chi connectivity index (χ4n) is 1.42. The topological polar surface area (TPSA) is 45.5 Å². The molecule has 1 aromatic heterocycles. The highest BCUT2D eigenvalue weighted by Gasteiger charge is 2.19. The first kappa shape index (κ1) is 11.3. The zero-order chi connectivity index (χ0) is 9.10. The minimum atomic E-state index is -0.00787. The van der Waals surface area contributed by atoms with E-state index in [0.717, 1.165) is 26.2 Å². The van der Waals surface area contributed by atoms with Gasteiger partial charge in [-0.25, -0.2) is 0 Å².